The smallest absolute Gasteiger partial charge is 0.122 e. The average molecular weight is 232 g/mol. The number of aromatic nitrogens is 2. The van der Waals surface area contributed by atoms with E-state index in [4.69, 9.17) is 19.4 Å². The van der Waals surface area contributed by atoms with Crippen LogP contribution in [0.25, 0.3) is 11.0 Å². The number of aromatic amines is 1. The summed E-state index contributed by atoms with van der Waals surface area (Å²) >= 11 is 5.91. The van der Waals surface area contributed by atoms with Gasteiger partial charge < -0.3 is 10.1 Å². The third-order valence-electron chi connectivity index (χ3n) is 3.12. The fourth-order valence-electron chi connectivity index (χ4n) is 2.33. The lowest BCUT2D eigenvalue weighted by molar-refractivity contribution is 0.153. The quantitative estimate of drug-likeness (QED) is 0.532. The van der Waals surface area contributed by atoms with Crippen molar-refractivity contribution < 1.29 is 5.11 Å². The van der Waals surface area contributed by atoms with E-state index in [2.05, 4.69) is 9.97 Å². The number of H-pyrrole nitrogens is 1. The second-order valence-electron chi connectivity index (χ2n) is 4.19. The van der Waals surface area contributed by atoms with Gasteiger partial charge in [0.25, 0.3) is 0 Å². The molecule has 1 unspecified atom stereocenters. The van der Waals surface area contributed by atoms with E-state index in [9.17, 15) is 5.11 Å². The number of hydrogen-bond acceptors (Lipinski definition) is 2. The van der Waals surface area contributed by atoms with Crippen LogP contribution in [-0.2, 0) is 6.42 Å². The Hall–Kier alpha value is -0.995. The van der Waals surface area contributed by atoms with Gasteiger partial charge in [-0.2, -0.15) is 0 Å². The van der Waals surface area contributed by atoms with Crippen molar-refractivity contribution in [2.24, 2.45) is 0 Å². The summed E-state index contributed by atoms with van der Waals surface area (Å²) in [5, 5.41) is 10.2. The zero-order valence-corrected chi connectivity index (χ0v) is 9.38. The highest BCUT2D eigenvalue weighted by atomic mass is 35.5. The number of rotatable bonds is 0. The van der Waals surface area contributed by atoms with E-state index in [-0.39, 0.29) is 0 Å². The highest BCUT2D eigenvalue weighted by Crippen LogP contribution is 2.33. The Morgan fingerprint density at radius 1 is 1.56 bits per heavy atom. The topological polar surface area (TPSA) is 48.9 Å². The summed E-state index contributed by atoms with van der Waals surface area (Å²) in [5.74, 6) is 0. The summed E-state index contributed by atoms with van der Waals surface area (Å²) in [7, 11) is 5.70. The van der Waals surface area contributed by atoms with Crippen molar-refractivity contribution in [1.82, 2.24) is 9.97 Å². The van der Waals surface area contributed by atoms with Gasteiger partial charge >= 0.3 is 0 Å². The Balaban J connectivity index is 2.32. The van der Waals surface area contributed by atoms with Gasteiger partial charge in [-0.1, -0.05) is 17.1 Å². The van der Waals surface area contributed by atoms with Crippen LogP contribution in [0.3, 0.4) is 0 Å². The molecule has 0 bridgehead atoms. The standard InChI is InChI=1S/C11H10BClN2O/c12-6-4-7-9(15-11(6)13)5-2-1-3-8(16)10(5)14-7/h4,8,14,16H,1-3H2. The van der Waals surface area contributed by atoms with Gasteiger partial charge in [0.2, 0.25) is 0 Å². The lowest BCUT2D eigenvalue weighted by Crippen LogP contribution is -2.08. The molecule has 0 spiro atoms. The van der Waals surface area contributed by atoms with Crippen molar-refractivity contribution in [3.05, 3.63) is 22.5 Å². The molecule has 0 amide bonds. The average Bonchev–Trinajstić information content (AvgIpc) is 2.59. The fourth-order valence-corrected chi connectivity index (χ4v) is 2.47. The number of aryl methyl sites for hydroxylation is 1. The monoisotopic (exact) mass is 232 g/mol. The third kappa shape index (κ3) is 1.37. The molecule has 5 heteroatoms. The molecule has 0 saturated heterocycles. The van der Waals surface area contributed by atoms with E-state index in [0.717, 1.165) is 41.6 Å². The largest absolute Gasteiger partial charge is 0.387 e. The molecule has 2 heterocycles. The number of fused-ring (bicyclic) bond motifs is 3. The Labute approximate surface area is 99.2 Å². The van der Waals surface area contributed by atoms with Crippen LogP contribution < -0.4 is 5.46 Å². The number of pyridine rings is 1. The second-order valence-corrected chi connectivity index (χ2v) is 4.55. The number of aliphatic hydroxyl groups excluding tert-OH is 1. The molecule has 3 nitrogen and oxygen atoms in total. The molecule has 0 aliphatic heterocycles. The van der Waals surface area contributed by atoms with Crippen molar-refractivity contribution in [2.75, 3.05) is 0 Å². The molecule has 1 atom stereocenters. The lowest BCUT2D eigenvalue weighted by Gasteiger charge is -2.16. The van der Waals surface area contributed by atoms with Crippen LogP contribution in [0.15, 0.2) is 6.07 Å². The van der Waals surface area contributed by atoms with E-state index in [0.29, 0.717) is 10.6 Å². The first kappa shape index (κ1) is 10.2. The normalized spacial score (nSPS) is 20.0. The number of nitrogens with one attached hydrogen (secondary N) is 1. The number of hydrogen-bond donors (Lipinski definition) is 2. The van der Waals surface area contributed by atoms with Crippen LogP contribution in [-0.4, -0.2) is 22.9 Å². The van der Waals surface area contributed by atoms with E-state index in [1.165, 1.54) is 0 Å². The molecule has 2 N–H and O–H groups in total. The molecule has 0 saturated carbocycles. The number of halogens is 1. The molecule has 0 fully saturated rings. The first-order chi connectivity index (χ1) is 7.66. The SMILES string of the molecule is [B]c1cc2[nH]c3c(c2nc1Cl)CCCC3O. The maximum absolute atomic E-state index is 9.88. The van der Waals surface area contributed by atoms with Crippen molar-refractivity contribution in [2.45, 2.75) is 25.4 Å². The molecule has 0 aromatic carbocycles. The highest BCUT2D eigenvalue weighted by molar-refractivity contribution is 6.44. The predicted molar refractivity (Wildman–Crippen MR) is 64.4 cm³/mol. The summed E-state index contributed by atoms with van der Waals surface area (Å²) in [6, 6.07) is 1.77. The summed E-state index contributed by atoms with van der Waals surface area (Å²) in [6.07, 6.45) is 2.28. The molecule has 2 aromatic heterocycles. The van der Waals surface area contributed by atoms with Gasteiger partial charge in [0.1, 0.15) is 13.0 Å². The molecule has 2 aromatic rings. The Morgan fingerprint density at radius 3 is 3.19 bits per heavy atom. The maximum Gasteiger partial charge on any atom is 0.122 e. The minimum atomic E-state index is -0.419. The zero-order chi connectivity index (χ0) is 11.3. The van der Waals surface area contributed by atoms with Gasteiger partial charge in [0, 0.05) is 11.3 Å². The first-order valence-corrected chi connectivity index (χ1v) is 5.69. The van der Waals surface area contributed by atoms with E-state index >= 15 is 0 Å². The second kappa shape index (κ2) is 3.50. The van der Waals surface area contributed by atoms with Crippen LogP contribution in [0.4, 0.5) is 0 Å². The zero-order valence-electron chi connectivity index (χ0n) is 8.63. The number of nitrogens with zero attached hydrogens (tertiary/aromatic N) is 1. The molecule has 1 aliphatic rings. The van der Waals surface area contributed by atoms with Crippen LogP contribution in [0.2, 0.25) is 5.15 Å². The molecule has 16 heavy (non-hydrogen) atoms. The van der Waals surface area contributed by atoms with Gasteiger partial charge in [-0.3, -0.25) is 0 Å². The molecule has 1 aliphatic carbocycles. The summed E-state index contributed by atoms with van der Waals surface area (Å²) < 4.78 is 0. The molecular weight excluding hydrogens is 222 g/mol. The van der Waals surface area contributed by atoms with Gasteiger partial charge in [-0.25, -0.2) is 4.98 Å². The van der Waals surface area contributed by atoms with Gasteiger partial charge in [0.15, 0.2) is 0 Å². The first-order valence-electron chi connectivity index (χ1n) is 5.31. The Kier molecular flexibility index (Phi) is 2.23. The van der Waals surface area contributed by atoms with Crippen LogP contribution in [0.1, 0.15) is 30.2 Å². The van der Waals surface area contributed by atoms with Gasteiger partial charge in [-0.15, -0.1) is 0 Å². The van der Waals surface area contributed by atoms with E-state index in [1.54, 1.807) is 6.07 Å². The van der Waals surface area contributed by atoms with Gasteiger partial charge in [0.05, 0.1) is 17.1 Å². The number of aliphatic hydroxyl groups is 1. The molecule has 3 rings (SSSR count). The fraction of sp³-hybridized carbons (Fsp3) is 0.364. The van der Waals surface area contributed by atoms with Crippen molar-refractivity contribution in [1.29, 1.82) is 0 Å². The minimum Gasteiger partial charge on any atom is -0.387 e. The van der Waals surface area contributed by atoms with Gasteiger partial charge in [-0.05, 0) is 25.3 Å². The Bertz CT molecular complexity index is 567. The predicted octanol–water partition coefficient (Wildman–Crippen LogP) is 1.38. The summed E-state index contributed by atoms with van der Waals surface area (Å²) in [6.45, 7) is 0. The lowest BCUT2D eigenvalue weighted by atomic mass is 9.94. The van der Waals surface area contributed by atoms with E-state index in [1.807, 2.05) is 0 Å². The third-order valence-corrected chi connectivity index (χ3v) is 3.42. The maximum atomic E-state index is 9.88. The van der Waals surface area contributed by atoms with Crippen LogP contribution >= 0.6 is 11.6 Å². The molecule has 2 radical (unpaired) electrons. The Morgan fingerprint density at radius 2 is 2.38 bits per heavy atom. The van der Waals surface area contributed by atoms with Crippen molar-refractivity contribution >= 4 is 35.9 Å². The summed E-state index contributed by atoms with van der Waals surface area (Å²) in [5.41, 5.74) is 4.11. The van der Waals surface area contributed by atoms with Crippen LogP contribution in [0.5, 0.6) is 0 Å². The van der Waals surface area contributed by atoms with Crippen molar-refractivity contribution in [3.63, 3.8) is 0 Å². The molecule has 80 valence electrons. The highest BCUT2D eigenvalue weighted by Gasteiger charge is 2.23. The van der Waals surface area contributed by atoms with Crippen LogP contribution in [0, 0.1) is 0 Å². The van der Waals surface area contributed by atoms with Crippen molar-refractivity contribution in [3.8, 4) is 0 Å². The molecular formula is C11H10BClN2O. The van der Waals surface area contributed by atoms with E-state index < -0.39 is 6.10 Å². The summed E-state index contributed by atoms with van der Waals surface area (Å²) in [4.78, 5) is 7.46. The minimum absolute atomic E-state index is 0.328.